The highest BCUT2D eigenvalue weighted by Crippen LogP contribution is 2.35. The van der Waals surface area contributed by atoms with Crippen LogP contribution in [0.15, 0.2) is 18.2 Å². The van der Waals surface area contributed by atoms with Crippen molar-refractivity contribution in [3.63, 3.8) is 0 Å². The van der Waals surface area contributed by atoms with Crippen LogP contribution in [-0.4, -0.2) is 27.2 Å². The van der Waals surface area contributed by atoms with Crippen LogP contribution in [0.5, 0.6) is 5.75 Å². The van der Waals surface area contributed by atoms with E-state index in [0.717, 1.165) is 5.75 Å². The summed E-state index contributed by atoms with van der Waals surface area (Å²) in [6.07, 6.45) is 0. The van der Waals surface area contributed by atoms with Gasteiger partial charge in [-0.2, -0.15) is 0 Å². The molecule has 2 atom stereocenters. The molecule has 0 heterocycles. The predicted octanol–water partition coefficient (Wildman–Crippen LogP) is 3.46. The third kappa shape index (κ3) is 3.41. The normalized spacial score (nSPS) is 14.3. The van der Waals surface area contributed by atoms with E-state index in [2.05, 4.69) is 57.1 Å². The van der Waals surface area contributed by atoms with Crippen molar-refractivity contribution < 1.29 is 4.74 Å². The first-order chi connectivity index (χ1) is 8.93. The lowest BCUT2D eigenvalue weighted by Crippen LogP contribution is -2.34. The topological polar surface area (TPSA) is 24.5 Å². The Hall–Kier alpha value is -1.22. The van der Waals surface area contributed by atoms with Crippen molar-refractivity contribution in [1.82, 2.24) is 5.32 Å². The first-order valence-corrected chi connectivity index (χ1v) is 7.01. The number of nitrogens with zero attached hydrogens (tertiary/aromatic N) is 1. The molecule has 0 aliphatic rings. The van der Waals surface area contributed by atoms with E-state index >= 15 is 0 Å². The fraction of sp³-hybridized carbons (Fsp3) is 0.625. The molecular formula is C16H28N2O. The Bertz CT molecular complexity index is 404. The zero-order valence-corrected chi connectivity index (χ0v) is 13.3. The number of nitrogens with one attached hydrogen (secondary N) is 1. The van der Waals surface area contributed by atoms with Gasteiger partial charge in [0.25, 0.3) is 0 Å². The van der Waals surface area contributed by atoms with E-state index in [-0.39, 0.29) is 6.04 Å². The Kier molecular flexibility index (Phi) is 5.67. The van der Waals surface area contributed by atoms with Gasteiger partial charge in [0.05, 0.1) is 7.11 Å². The maximum Gasteiger partial charge on any atom is 0.125 e. The molecule has 1 aromatic carbocycles. The lowest BCUT2D eigenvalue weighted by Gasteiger charge is -2.33. The van der Waals surface area contributed by atoms with Crippen LogP contribution in [0.2, 0.25) is 0 Å². The molecule has 1 rings (SSSR count). The lowest BCUT2D eigenvalue weighted by atomic mass is 10.00. The molecule has 0 aromatic heterocycles. The molecule has 3 heteroatoms. The fourth-order valence-corrected chi connectivity index (χ4v) is 2.26. The number of rotatable bonds is 6. The summed E-state index contributed by atoms with van der Waals surface area (Å²) in [5.41, 5.74) is 2.46. The van der Waals surface area contributed by atoms with Gasteiger partial charge in [-0.25, -0.2) is 0 Å². The Morgan fingerprint density at radius 2 is 1.79 bits per heavy atom. The fourth-order valence-electron chi connectivity index (χ4n) is 2.26. The molecule has 0 bridgehead atoms. The van der Waals surface area contributed by atoms with E-state index in [4.69, 9.17) is 4.74 Å². The maximum absolute atomic E-state index is 5.53. The van der Waals surface area contributed by atoms with Crippen LogP contribution < -0.4 is 15.0 Å². The smallest absolute Gasteiger partial charge is 0.125 e. The van der Waals surface area contributed by atoms with Crippen LogP contribution in [0, 0.1) is 5.92 Å². The van der Waals surface area contributed by atoms with Crippen LogP contribution in [0.3, 0.4) is 0 Å². The zero-order chi connectivity index (χ0) is 14.6. The maximum atomic E-state index is 5.53. The second-order valence-electron chi connectivity index (χ2n) is 5.50. The molecule has 19 heavy (non-hydrogen) atoms. The Balaban J connectivity index is 3.26. The molecule has 0 spiro atoms. The van der Waals surface area contributed by atoms with Crippen LogP contribution in [0.1, 0.15) is 39.3 Å². The summed E-state index contributed by atoms with van der Waals surface area (Å²) in [7, 11) is 5.87. The van der Waals surface area contributed by atoms with E-state index in [1.807, 2.05) is 13.1 Å². The SMILES string of the molecule is CNC(C)c1c(OC)cccc1N(C)C(C)C(C)C. The second-order valence-corrected chi connectivity index (χ2v) is 5.50. The molecule has 0 aliphatic carbocycles. The Morgan fingerprint density at radius 3 is 2.26 bits per heavy atom. The van der Waals surface area contributed by atoms with Crippen molar-refractivity contribution in [2.45, 2.75) is 39.8 Å². The number of anilines is 1. The van der Waals surface area contributed by atoms with Crippen molar-refractivity contribution in [1.29, 1.82) is 0 Å². The summed E-state index contributed by atoms with van der Waals surface area (Å²) in [6.45, 7) is 8.93. The quantitative estimate of drug-likeness (QED) is 0.851. The van der Waals surface area contributed by atoms with Gasteiger partial charge in [-0.15, -0.1) is 0 Å². The molecule has 1 N–H and O–H groups in total. The van der Waals surface area contributed by atoms with Gasteiger partial charge in [0.1, 0.15) is 5.75 Å². The monoisotopic (exact) mass is 264 g/mol. The van der Waals surface area contributed by atoms with E-state index in [9.17, 15) is 0 Å². The predicted molar refractivity (Wildman–Crippen MR) is 83.2 cm³/mol. The minimum absolute atomic E-state index is 0.257. The van der Waals surface area contributed by atoms with Gasteiger partial charge in [-0.3, -0.25) is 0 Å². The van der Waals surface area contributed by atoms with Gasteiger partial charge in [0, 0.05) is 30.4 Å². The highest BCUT2D eigenvalue weighted by Gasteiger charge is 2.21. The molecular weight excluding hydrogens is 236 g/mol. The summed E-state index contributed by atoms with van der Waals surface area (Å²) in [5.74, 6) is 1.55. The summed E-state index contributed by atoms with van der Waals surface area (Å²) in [4.78, 5) is 2.34. The summed E-state index contributed by atoms with van der Waals surface area (Å²) >= 11 is 0. The van der Waals surface area contributed by atoms with Crippen molar-refractivity contribution in [2.24, 2.45) is 5.92 Å². The van der Waals surface area contributed by atoms with Gasteiger partial charge < -0.3 is 15.0 Å². The minimum atomic E-state index is 0.257. The molecule has 0 saturated heterocycles. The van der Waals surface area contributed by atoms with Crippen molar-refractivity contribution in [2.75, 3.05) is 26.1 Å². The standard InChI is InChI=1S/C16H28N2O/c1-11(2)13(4)18(6)14-9-8-10-15(19-7)16(14)12(3)17-5/h8-13,17H,1-7H3. The largest absolute Gasteiger partial charge is 0.496 e. The van der Waals surface area contributed by atoms with Gasteiger partial charge in [-0.05, 0) is 38.9 Å². The molecule has 0 saturated carbocycles. The molecule has 0 radical (unpaired) electrons. The van der Waals surface area contributed by atoms with Gasteiger partial charge in [0.15, 0.2) is 0 Å². The van der Waals surface area contributed by atoms with E-state index in [1.54, 1.807) is 7.11 Å². The highest BCUT2D eigenvalue weighted by atomic mass is 16.5. The minimum Gasteiger partial charge on any atom is -0.496 e. The van der Waals surface area contributed by atoms with Crippen LogP contribution in [0.25, 0.3) is 0 Å². The highest BCUT2D eigenvalue weighted by molar-refractivity contribution is 5.61. The number of ether oxygens (including phenoxy) is 1. The number of methoxy groups -OCH3 is 1. The number of benzene rings is 1. The Morgan fingerprint density at radius 1 is 1.16 bits per heavy atom. The van der Waals surface area contributed by atoms with Crippen molar-refractivity contribution in [3.8, 4) is 5.75 Å². The van der Waals surface area contributed by atoms with Crippen molar-refractivity contribution >= 4 is 5.69 Å². The molecule has 1 aromatic rings. The van der Waals surface area contributed by atoms with Crippen molar-refractivity contribution in [3.05, 3.63) is 23.8 Å². The third-order valence-corrected chi connectivity index (χ3v) is 4.08. The van der Waals surface area contributed by atoms with Crippen LogP contribution >= 0.6 is 0 Å². The van der Waals surface area contributed by atoms with Gasteiger partial charge in [0.2, 0.25) is 0 Å². The summed E-state index contributed by atoms with van der Waals surface area (Å²) in [5, 5.41) is 3.31. The van der Waals surface area contributed by atoms with Crippen LogP contribution in [0.4, 0.5) is 5.69 Å². The zero-order valence-electron chi connectivity index (χ0n) is 13.3. The van der Waals surface area contributed by atoms with Gasteiger partial charge >= 0.3 is 0 Å². The molecule has 108 valence electrons. The third-order valence-electron chi connectivity index (χ3n) is 4.08. The Labute approximate surface area is 118 Å². The average Bonchev–Trinajstić information content (AvgIpc) is 2.43. The first kappa shape index (κ1) is 15.8. The second kappa shape index (κ2) is 6.80. The molecule has 0 fully saturated rings. The average molecular weight is 264 g/mol. The summed E-state index contributed by atoms with van der Waals surface area (Å²) in [6, 6.07) is 7.00. The van der Waals surface area contributed by atoms with E-state index in [1.165, 1.54) is 11.3 Å². The van der Waals surface area contributed by atoms with Gasteiger partial charge in [-0.1, -0.05) is 19.9 Å². The molecule has 2 unspecified atom stereocenters. The van der Waals surface area contributed by atoms with Crippen LogP contribution in [-0.2, 0) is 0 Å². The van der Waals surface area contributed by atoms with E-state index < -0.39 is 0 Å². The molecule has 0 aliphatic heterocycles. The van der Waals surface area contributed by atoms with E-state index in [0.29, 0.717) is 12.0 Å². The first-order valence-electron chi connectivity index (χ1n) is 7.01. The lowest BCUT2D eigenvalue weighted by molar-refractivity contribution is 0.403. The number of hydrogen-bond acceptors (Lipinski definition) is 3. The summed E-state index contributed by atoms with van der Waals surface area (Å²) < 4.78 is 5.53. The molecule has 0 amide bonds. The number of hydrogen-bond donors (Lipinski definition) is 1. The molecule has 3 nitrogen and oxygen atoms in total.